The Morgan fingerprint density at radius 3 is 2.48 bits per heavy atom. The second-order valence-corrected chi connectivity index (χ2v) is 10.3. The van der Waals surface area contributed by atoms with Crippen molar-refractivity contribution < 1.29 is 13.2 Å². The molecule has 0 atom stereocenters. The van der Waals surface area contributed by atoms with E-state index < -0.39 is 10.0 Å². The molecule has 1 aliphatic heterocycles. The van der Waals surface area contributed by atoms with Crippen molar-refractivity contribution in [1.82, 2.24) is 14.3 Å². The molecule has 0 aliphatic carbocycles. The van der Waals surface area contributed by atoms with E-state index in [1.54, 1.807) is 0 Å². The van der Waals surface area contributed by atoms with Gasteiger partial charge in [-0.05, 0) is 49.2 Å². The van der Waals surface area contributed by atoms with Crippen molar-refractivity contribution in [3.63, 3.8) is 0 Å². The lowest BCUT2D eigenvalue weighted by Gasteiger charge is -2.30. The molecule has 2 aromatic carbocycles. The van der Waals surface area contributed by atoms with E-state index in [4.69, 9.17) is 5.26 Å². The predicted octanol–water partition coefficient (Wildman–Crippen LogP) is 2.14. The molecule has 10 heteroatoms. The van der Waals surface area contributed by atoms with E-state index in [0.717, 1.165) is 10.2 Å². The van der Waals surface area contributed by atoms with Crippen molar-refractivity contribution in [2.45, 2.75) is 17.7 Å². The summed E-state index contributed by atoms with van der Waals surface area (Å²) in [6, 6.07) is 15.8. The van der Waals surface area contributed by atoms with Gasteiger partial charge >= 0.3 is 0 Å². The lowest BCUT2D eigenvalue weighted by molar-refractivity contribution is -0.126. The number of carbonyl (C=O) groups is 1. The van der Waals surface area contributed by atoms with Gasteiger partial charge in [0.05, 0.1) is 26.7 Å². The van der Waals surface area contributed by atoms with Gasteiger partial charge in [0, 0.05) is 26.1 Å². The van der Waals surface area contributed by atoms with Gasteiger partial charge in [-0.1, -0.05) is 23.5 Å². The van der Waals surface area contributed by atoms with Crippen LogP contribution in [0.4, 0.5) is 0 Å². The Labute approximate surface area is 184 Å². The van der Waals surface area contributed by atoms with Crippen LogP contribution in [-0.4, -0.2) is 36.3 Å². The third-order valence-corrected chi connectivity index (χ3v) is 8.45. The van der Waals surface area contributed by atoms with Crippen LogP contribution in [0.2, 0.25) is 0 Å². The number of amides is 1. The number of aryl methyl sites for hydroxylation is 1. The van der Waals surface area contributed by atoms with Crippen LogP contribution in [0, 0.1) is 17.2 Å². The molecule has 3 aromatic rings. The summed E-state index contributed by atoms with van der Waals surface area (Å²) in [4.78, 5) is 13.4. The first-order valence-electron chi connectivity index (χ1n) is 9.78. The fraction of sp³-hybridized carbons (Fsp3) is 0.286. The summed E-state index contributed by atoms with van der Waals surface area (Å²) in [6.07, 6.45) is 0.852. The molecule has 1 N–H and O–H groups in total. The molecule has 1 aromatic heterocycles. The highest BCUT2D eigenvalue weighted by Gasteiger charge is 2.32. The lowest BCUT2D eigenvalue weighted by Crippen LogP contribution is -2.42. The first kappa shape index (κ1) is 21.2. The van der Waals surface area contributed by atoms with Crippen molar-refractivity contribution in [2.24, 2.45) is 18.1 Å². The number of carbonyl (C=O) groups excluding carboxylic acids is 1. The summed E-state index contributed by atoms with van der Waals surface area (Å²) in [5, 5.41) is 13.1. The number of nitrogens with one attached hydrogen (secondary N) is 1. The molecule has 160 valence electrons. The van der Waals surface area contributed by atoms with Crippen molar-refractivity contribution in [1.29, 1.82) is 5.26 Å². The standard InChI is InChI=1S/C21H21N5O3S2/c1-25-18-4-2-3-5-19(18)30-21(25)24-23-20(27)16-10-12-26(13-11-16)31(28,29)17-8-6-15(14-22)7-9-17/h2-9,16H,10-13H2,1H3,(H,23,27)/b24-21-. The number of sulfonamides is 1. The molecule has 0 saturated carbocycles. The molecule has 0 unspecified atom stereocenters. The summed E-state index contributed by atoms with van der Waals surface area (Å²) in [5.41, 5.74) is 4.10. The smallest absolute Gasteiger partial charge is 0.243 e. The number of hydrogen-bond donors (Lipinski definition) is 1. The zero-order chi connectivity index (χ0) is 22.0. The van der Waals surface area contributed by atoms with Crippen LogP contribution in [0.25, 0.3) is 10.2 Å². The Hall–Kier alpha value is -3.00. The molecular weight excluding hydrogens is 434 g/mol. The predicted molar refractivity (Wildman–Crippen MR) is 117 cm³/mol. The van der Waals surface area contributed by atoms with E-state index in [0.29, 0.717) is 23.2 Å². The lowest BCUT2D eigenvalue weighted by atomic mass is 9.98. The monoisotopic (exact) mass is 455 g/mol. The number of nitrogens with zero attached hydrogens (tertiary/aromatic N) is 4. The fourth-order valence-electron chi connectivity index (χ4n) is 3.59. The minimum atomic E-state index is -3.64. The maximum Gasteiger partial charge on any atom is 0.243 e. The molecule has 1 amide bonds. The number of para-hydroxylation sites is 1. The van der Waals surface area contributed by atoms with Crippen molar-refractivity contribution >= 4 is 37.5 Å². The molecule has 1 saturated heterocycles. The first-order valence-corrected chi connectivity index (χ1v) is 12.0. The van der Waals surface area contributed by atoms with Crippen LogP contribution in [0.1, 0.15) is 18.4 Å². The normalized spacial score (nSPS) is 16.3. The van der Waals surface area contributed by atoms with Gasteiger partial charge in [-0.15, -0.1) is 5.10 Å². The summed E-state index contributed by atoms with van der Waals surface area (Å²) < 4.78 is 30.0. The number of aromatic nitrogens is 1. The van der Waals surface area contributed by atoms with Gasteiger partial charge in [0.1, 0.15) is 0 Å². The minimum Gasteiger partial charge on any atom is -0.318 e. The molecule has 31 heavy (non-hydrogen) atoms. The second-order valence-electron chi connectivity index (χ2n) is 7.31. The van der Waals surface area contributed by atoms with Gasteiger partial charge in [-0.2, -0.15) is 9.57 Å². The van der Waals surface area contributed by atoms with E-state index in [9.17, 15) is 13.2 Å². The number of benzene rings is 2. The molecule has 1 aliphatic rings. The molecule has 0 bridgehead atoms. The van der Waals surface area contributed by atoms with Gasteiger partial charge in [0.15, 0.2) is 0 Å². The number of hydrogen-bond acceptors (Lipinski definition) is 6. The first-order chi connectivity index (χ1) is 14.9. The van der Waals surface area contributed by atoms with E-state index >= 15 is 0 Å². The van der Waals surface area contributed by atoms with Crippen LogP contribution in [-0.2, 0) is 21.9 Å². The molecule has 0 radical (unpaired) electrons. The highest BCUT2D eigenvalue weighted by atomic mass is 32.2. The van der Waals surface area contributed by atoms with Crippen LogP contribution >= 0.6 is 11.3 Å². The number of piperidine rings is 1. The molecule has 0 spiro atoms. The van der Waals surface area contributed by atoms with E-state index in [1.807, 2.05) is 41.9 Å². The minimum absolute atomic E-state index is 0.154. The van der Waals surface area contributed by atoms with Crippen molar-refractivity contribution in [2.75, 3.05) is 13.1 Å². The van der Waals surface area contributed by atoms with Crippen LogP contribution in [0.3, 0.4) is 0 Å². The Balaban J connectivity index is 1.40. The number of fused-ring (bicyclic) bond motifs is 1. The van der Waals surface area contributed by atoms with Gasteiger partial charge < -0.3 is 4.57 Å². The molecule has 8 nitrogen and oxygen atoms in total. The Morgan fingerprint density at radius 2 is 1.84 bits per heavy atom. The quantitative estimate of drug-likeness (QED) is 0.608. The number of thiazole rings is 1. The Kier molecular flexibility index (Phi) is 5.91. The van der Waals surface area contributed by atoms with E-state index in [1.165, 1.54) is 39.9 Å². The number of rotatable bonds is 4. The molecule has 4 rings (SSSR count). The summed E-state index contributed by atoms with van der Waals surface area (Å²) >= 11 is 1.49. The van der Waals surface area contributed by atoms with Crippen LogP contribution in [0.5, 0.6) is 0 Å². The summed E-state index contributed by atoms with van der Waals surface area (Å²) in [6.45, 7) is 0.522. The van der Waals surface area contributed by atoms with Gasteiger partial charge in [0.25, 0.3) is 0 Å². The van der Waals surface area contributed by atoms with Crippen molar-refractivity contribution in [3.8, 4) is 6.07 Å². The molecule has 1 fully saturated rings. The van der Waals surface area contributed by atoms with Crippen LogP contribution in [0.15, 0.2) is 58.5 Å². The SMILES string of the molecule is Cn1/c(=N/NC(=O)C2CCN(S(=O)(=O)c3ccc(C#N)cc3)CC2)sc2ccccc21. The van der Waals surface area contributed by atoms with Crippen molar-refractivity contribution in [3.05, 3.63) is 58.9 Å². The zero-order valence-electron chi connectivity index (χ0n) is 16.9. The Bertz CT molecular complexity index is 1330. The summed E-state index contributed by atoms with van der Waals surface area (Å²) in [5.74, 6) is -0.497. The highest BCUT2D eigenvalue weighted by Crippen LogP contribution is 2.24. The molecular formula is C21H21N5O3S2. The average molecular weight is 456 g/mol. The molecule has 2 heterocycles. The third kappa shape index (κ3) is 4.25. The maximum atomic E-state index is 12.8. The fourth-order valence-corrected chi connectivity index (χ4v) is 6.04. The third-order valence-electron chi connectivity index (χ3n) is 5.42. The van der Waals surface area contributed by atoms with Gasteiger partial charge in [-0.25, -0.2) is 13.8 Å². The largest absolute Gasteiger partial charge is 0.318 e. The van der Waals surface area contributed by atoms with Gasteiger partial charge in [-0.3, -0.25) is 4.79 Å². The highest BCUT2D eigenvalue weighted by molar-refractivity contribution is 7.89. The summed E-state index contributed by atoms with van der Waals surface area (Å²) in [7, 11) is -1.75. The van der Waals surface area contributed by atoms with E-state index in [2.05, 4.69) is 10.5 Å². The Morgan fingerprint density at radius 1 is 1.16 bits per heavy atom. The topological polar surface area (TPSA) is 108 Å². The van der Waals surface area contributed by atoms with E-state index in [-0.39, 0.29) is 29.8 Å². The zero-order valence-corrected chi connectivity index (χ0v) is 18.5. The maximum absolute atomic E-state index is 12.8. The number of nitriles is 1. The average Bonchev–Trinajstić information content (AvgIpc) is 3.13. The van der Waals surface area contributed by atoms with Gasteiger partial charge in [0.2, 0.25) is 20.7 Å². The second kappa shape index (κ2) is 8.63. The van der Waals surface area contributed by atoms with Crippen LogP contribution < -0.4 is 10.2 Å².